The first kappa shape index (κ1) is 21.9. The van der Waals surface area contributed by atoms with Crippen molar-refractivity contribution in [3.8, 4) is 0 Å². The zero-order valence-corrected chi connectivity index (χ0v) is 19.8. The summed E-state index contributed by atoms with van der Waals surface area (Å²) in [6.45, 7) is 6.07. The van der Waals surface area contributed by atoms with Crippen molar-refractivity contribution in [2.45, 2.75) is 32.5 Å². The van der Waals surface area contributed by atoms with E-state index >= 15 is 0 Å². The minimum Gasteiger partial charge on any atom is -0.371 e. The van der Waals surface area contributed by atoms with Crippen LogP contribution < -0.4 is 21.1 Å². The lowest BCUT2D eigenvalue weighted by molar-refractivity contribution is 0.0880. The van der Waals surface area contributed by atoms with Crippen LogP contribution in [-0.2, 0) is 11.3 Å². The lowest BCUT2D eigenvalue weighted by Crippen LogP contribution is -2.27. The summed E-state index contributed by atoms with van der Waals surface area (Å²) >= 11 is 0. The maximum atomic E-state index is 13.6. The number of amides is 1. The summed E-state index contributed by atoms with van der Waals surface area (Å²) in [7, 11) is 0. The molecule has 0 spiro atoms. The largest absolute Gasteiger partial charge is 0.371 e. The number of nitrogens with zero attached hydrogens (tertiary/aromatic N) is 2. The summed E-state index contributed by atoms with van der Waals surface area (Å²) in [5.74, 6) is -0.141. The van der Waals surface area contributed by atoms with Gasteiger partial charge in [-0.1, -0.05) is 0 Å². The summed E-state index contributed by atoms with van der Waals surface area (Å²) in [6, 6.07) is 13.4. The summed E-state index contributed by atoms with van der Waals surface area (Å²) < 4.78 is 7.90. The molecular formula is C27H29N5O3. The van der Waals surface area contributed by atoms with Crippen LogP contribution >= 0.6 is 0 Å². The van der Waals surface area contributed by atoms with E-state index in [0.29, 0.717) is 17.8 Å². The van der Waals surface area contributed by atoms with Crippen LogP contribution in [0, 0.1) is 6.92 Å². The van der Waals surface area contributed by atoms with Gasteiger partial charge in [-0.15, -0.1) is 0 Å². The molecule has 1 atom stereocenters. The van der Waals surface area contributed by atoms with E-state index in [-0.39, 0.29) is 17.7 Å². The molecule has 2 aliphatic heterocycles. The molecular weight excluding hydrogens is 442 g/mol. The third-order valence-corrected chi connectivity index (χ3v) is 7.04. The van der Waals surface area contributed by atoms with Crippen molar-refractivity contribution in [3.63, 3.8) is 0 Å². The van der Waals surface area contributed by atoms with E-state index in [1.165, 1.54) is 0 Å². The summed E-state index contributed by atoms with van der Waals surface area (Å²) in [6.07, 6.45) is 4.31. The molecule has 4 aromatic rings. The standard InChI is InChI=1S/C27H29N5O3/c1-17-12-25(33)30-22-5-4-19(14-20(17)22)29-27(34)21-15-23-18(13-24(21)31-8-2-3-9-31)6-10-32(23)16-26-28-7-11-35-26/h4-6,10,12-15,26,28H,2-3,7-9,11,16H2,1H3,(H,29,34)(H,30,33). The molecule has 1 amide bonds. The normalized spacial score (nSPS) is 18.1. The average molecular weight is 472 g/mol. The molecule has 0 saturated carbocycles. The number of aromatic nitrogens is 2. The second-order valence-corrected chi connectivity index (χ2v) is 9.44. The third kappa shape index (κ3) is 4.19. The Morgan fingerprint density at radius 1 is 1.14 bits per heavy atom. The number of benzene rings is 2. The van der Waals surface area contributed by atoms with Crippen LogP contribution in [0.1, 0.15) is 28.8 Å². The molecule has 0 radical (unpaired) electrons. The highest BCUT2D eigenvalue weighted by Gasteiger charge is 2.23. The highest BCUT2D eigenvalue weighted by atomic mass is 16.5. The number of aryl methyl sites for hydroxylation is 1. The zero-order chi connectivity index (χ0) is 23.9. The number of H-pyrrole nitrogens is 1. The zero-order valence-electron chi connectivity index (χ0n) is 19.8. The van der Waals surface area contributed by atoms with Gasteiger partial charge in [0.2, 0.25) is 5.56 Å². The van der Waals surface area contributed by atoms with Crippen LogP contribution in [-0.4, -0.2) is 47.9 Å². The number of carbonyl (C=O) groups is 1. The number of hydrogen-bond donors (Lipinski definition) is 3. The van der Waals surface area contributed by atoms with Gasteiger partial charge in [0.05, 0.1) is 24.4 Å². The molecule has 0 aliphatic carbocycles. The Bertz CT molecular complexity index is 1480. The number of ether oxygens (including phenoxy) is 1. The number of aromatic amines is 1. The molecule has 180 valence electrons. The molecule has 2 aliphatic rings. The highest BCUT2D eigenvalue weighted by Crippen LogP contribution is 2.32. The molecule has 1 unspecified atom stereocenters. The smallest absolute Gasteiger partial charge is 0.257 e. The summed E-state index contributed by atoms with van der Waals surface area (Å²) in [4.78, 5) is 30.6. The van der Waals surface area contributed by atoms with Crippen molar-refractivity contribution in [2.75, 3.05) is 36.5 Å². The van der Waals surface area contributed by atoms with E-state index < -0.39 is 0 Å². The van der Waals surface area contributed by atoms with Gasteiger partial charge in [-0.3, -0.25) is 14.9 Å². The average Bonchev–Trinajstić information content (AvgIpc) is 3.62. The molecule has 4 heterocycles. The van der Waals surface area contributed by atoms with Gasteiger partial charge >= 0.3 is 0 Å². The maximum Gasteiger partial charge on any atom is 0.257 e. The van der Waals surface area contributed by atoms with E-state index in [9.17, 15) is 9.59 Å². The Hall–Kier alpha value is -3.62. The van der Waals surface area contributed by atoms with Gasteiger partial charge in [-0.05, 0) is 61.7 Å². The Morgan fingerprint density at radius 2 is 2.00 bits per heavy atom. The Labute approximate surface area is 202 Å². The van der Waals surface area contributed by atoms with Crippen molar-refractivity contribution in [1.29, 1.82) is 0 Å². The fourth-order valence-electron chi connectivity index (χ4n) is 5.26. The van der Waals surface area contributed by atoms with Gasteiger partial charge in [0, 0.05) is 59.4 Å². The maximum absolute atomic E-state index is 13.6. The van der Waals surface area contributed by atoms with E-state index in [1.54, 1.807) is 6.07 Å². The molecule has 0 bridgehead atoms. The number of pyridine rings is 1. The molecule has 35 heavy (non-hydrogen) atoms. The van der Waals surface area contributed by atoms with Gasteiger partial charge < -0.3 is 24.5 Å². The highest BCUT2D eigenvalue weighted by molar-refractivity contribution is 6.11. The number of rotatable bonds is 5. The van der Waals surface area contributed by atoms with Gasteiger partial charge in [0.15, 0.2) is 0 Å². The summed E-state index contributed by atoms with van der Waals surface area (Å²) in [5.41, 5.74) is 4.86. The van der Waals surface area contributed by atoms with Gasteiger partial charge in [0.25, 0.3) is 5.91 Å². The topological polar surface area (TPSA) is 91.4 Å². The minimum absolute atomic E-state index is 0.0200. The first-order chi connectivity index (χ1) is 17.0. The number of fused-ring (bicyclic) bond motifs is 2. The Balaban J connectivity index is 1.37. The quantitative estimate of drug-likeness (QED) is 0.414. The number of nitrogens with one attached hydrogen (secondary N) is 3. The minimum atomic E-state index is -0.141. The van der Waals surface area contributed by atoms with Gasteiger partial charge in [0.1, 0.15) is 6.23 Å². The van der Waals surface area contributed by atoms with Crippen LogP contribution in [0.4, 0.5) is 11.4 Å². The fourth-order valence-corrected chi connectivity index (χ4v) is 5.26. The van der Waals surface area contributed by atoms with Crippen LogP contribution in [0.25, 0.3) is 21.8 Å². The second-order valence-electron chi connectivity index (χ2n) is 9.44. The second kappa shape index (κ2) is 8.87. The lowest BCUT2D eigenvalue weighted by atomic mass is 10.1. The Kier molecular flexibility index (Phi) is 5.54. The van der Waals surface area contributed by atoms with Gasteiger partial charge in [-0.25, -0.2) is 0 Å². The van der Waals surface area contributed by atoms with Crippen molar-refractivity contribution in [1.82, 2.24) is 14.9 Å². The van der Waals surface area contributed by atoms with Crippen molar-refractivity contribution >= 4 is 39.1 Å². The first-order valence-corrected chi connectivity index (χ1v) is 12.2. The van der Waals surface area contributed by atoms with E-state index in [1.807, 2.05) is 31.2 Å². The monoisotopic (exact) mass is 471 g/mol. The molecule has 2 fully saturated rings. The van der Waals surface area contributed by atoms with Crippen molar-refractivity contribution in [3.05, 3.63) is 70.1 Å². The molecule has 6 rings (SSSR count). The predicted molar refractivity (Wildman–Crippen MR) is 138 cm³/mol. The predicted octanol–water partition coefficient (Wildman–Crippen LogP) is 3.59. The Morgan fingerprint density at radius 3 is 2.80 bits per heavy atom. The van der Waals surface area contributed by atoms with Crippen molar-refractivity contribution < 1.29 is 9.53 Å². The fraction of sp³-hybridized carbons (Fsp3) is 0.333. The molecule has 2 aromatic heterocycles. The molecule has 2 saturated heterocycles. The van der Waals surface area contributed by atoms with Crippen LogP contribution in [0.3, 0.4) is 0 Å². The third-order valence-electron chi connectivity index (χ3n) is 7.04. The number of hydrogen-bond acceptors (Lipinski definition) is 5. The number of carbonyl (C=O) groups excluding carboxylic acids is 1. The molecule has 8 nitrogen and oxygen atoms in total. The van der Waals surface area contributed by atoms with Crippen molar-refractivity contribution in [2.24, 2.45) is 0 Å². The first-order valence-electron chi connectivity index (χ1n) is 12.2. The molecule has 3 N–H and O–H groups in total. The molecule has 2 aromatic carbocycles. The number of anilines is 2. The van der Waals surface area contributed by atoms with E-state index in [4.69, 9.17) is 4.74 Å². The molecule has 8 heteroatoms. The van der Waals surface area contributed by atoms with Crippen LogP contribution in [0.15, 0.2) is 53.5 Å². The van der Waals surface area contributed by atoms with Gasteiger partial charge in [-0.2, -0.15) is 0 Å². The van der Waals surface area contributed by atoms with E-state index in [2.05, 4.69) is 43.4 Å². The lowest BCUT2D eigenvalue weighted by Gasteiger charge is -2.22. The van der Waals surface area contributed by atoms with E-state index in [0.717, 1.165) is 72.1 Å². The summed E-state index contributed by atoms with van der Waals surface area (Å²) in [5, 5.41) is 8.49. The van der Waals surface area contributed by atoms with Crippen LogP contribution in [0.5, 0.6) is 0 Å². The van der Waals surface area contributed by atoms with Crippen LogP contribution in [0.2, 0.25) is 0 Å². The SMILES string of the molecule is Cc1cc(=O)[nH]c2ccc(NC(=O)c3cc4c(ccn4CC4NCCO4)cc3N3CCCC3)cc12.